The molecule has 4 aromatic rings. The molecule has 0 spiro atoms. The monoisotopic (exact) mass is 560 g/mol. The summed E-state index contributed by atoms with van der Waals surface area (Å²) < 4.78 is 0. The van der Waals surface area contributed by atoms with Crippen molar-refractivity contribution in [1.82, 2.24) is 0 Å². The first-order valence-corrected chi connectivity index (χ1v) is 11.8. The van der Waals surface area contributed by atoms with Gasteiger partial charge in [-0.3, -0.25) is 12.2 Å². The molecule has 4 aromatic carbocycles. The van der Waals surface area contributed by atoms with E-state index in [1.807, 2.05) is 109 Å². The average molecular weight is 562 g/mol. The quantitative estimate of drug-likeness (QED) is 0.240. The van der Waals surface area contributed by atoms with Crippen molar-refractivity contribution >= 4 is 0 Å². The molecule has 0 radical (unpaired) electrons. The van der Waals surface area contributed by atoms with Crippen LogP contribution in [0.5, 0.6) is 11.5 Å². The Morgan fingerprint density at radius 3 is 1.00 bits per heavy atom. The Labute approximate surface area is 239 Å². The van der Waals surface area contributed by atoms with Crippen molar-refractivity contribution in [2.75, 3.05) is 0 Å². The minimum Gasteiger partial charge on any atom is -0.508 e. The van der Waals surface area contributed by atoms with Crippen molar-refractivity contribution in [2.45, 2.75) is 12.8 Å². The second-order valence-electron chi connectivity index (χ2n) is 7.83. The molecule has 0 saturated heterocycles. The van der Waals surface area contributed by atoms with Gasteiger partial charge in [0.1, 0.15) is 11.5 Å². The first kappa shape index (κ1) is 29.6. The van der Waals surface area contributed by atoms with Crippen LogP contribution in [0.15, 0.2) is 146 Å². The van der Waals surface area contributed by atoms with Crippen molar-refractivity contribution in [2.24, 2.45) is 0 Å². The summed E-state index contributed by atoms with van der Waals surface area (Å²) in [6, 6.07) is 34.6. The second-order valence-corrected chi connectivity index (χ2v) is 7.83. The molecule has 0 saturated carbocycles. The molecule has 6 rings (SSSR count). The van der Waals surface area contributed by atoms with E-state index < -0.39 is 0 Å². The molecule has 0 fully saturated rings. The minimum atomic E-state index is 0. The first-order chi connectivity index (χ1) is 17.7. The Morgan fingerprint density at radius 1 is 0.432 bits per heavy atom. The molecule has 0 atom stereocenters. The first-order valence-electron chi connectivity index (χ1n) is 11.8. The molecule has 3 heteroatoms. The zero-order chi connectivity index (χ0) is 25.3. The van der Waals surface area contributed by atoms with Gasteiger partial charge in [0.15, 0.2) is 0 Å². The van der Waals surface area contributed by atoms with Gasteiger partial charge in [0.25, 0.3) is 0 Å². The molecule has 182 valence electrons. The van der Waals surface area contributed by atoms with Crippen LogP contribution in [0, 0.1) is 12.2 Å². The van der Waals surface area contributed by atoms with E-state index in [0.29, 0.717) is 11.5 Å². The minimum absolute atomic E-state index is 0. The third kappa shape index (κ3) is 11.7. The van der Waals surface area contributed by atoms with Gasteiger partial charge in [0.05, 0.1) is 0 Å². The van der Waals surface area contributed by atoms with Gasteiger partial charge in [-0.15, -0.1) is 12.8 Å². The van der Waals surface area contributed by atoms with Crippen LogP contribution in [-0.4, -0.2) is 10.2 Å². The molecule has 0 unspecified atom stereocenters. The van der Waals surface area contributed by atoms with Gasteiger partial charge in [-0.1, -0.05) is 84.9 Å². The number of allylic oxidation sites excluding steroid dienone is 8. The Hall–Kier alpha value is -3.68. The van der Waals surface area contributed by atoms with E-state index in [4.69, 9.17) is 10.2 Å². The van der Waals surface area contributed by atoms with Crippen molar-refractivity contribution in [3.8, 4) is 33.8 Å². The van der Waals surface area contributed by atoms with Crippen molar-refractivity contribution in [1.29, 1.82) is 0 Å². The van der Waals surface area contributed by atoms with Gasteiger partial charge >= 0.3 is 26.2 Å². The van der Waals surface area contributed by atoms with Crippen LogP contribution in [-0.2, 0) is 26.2 Å². The molecule has 0 bridgehead atoms. The molecular weight excluding hydrogens is 532 g/mol. The van der Waals surface area contributed by atoms with Crippen molar-refractivity contribution in [3.63, 3.8) is 0 Å². The molecule has 0 aromatic heterocycles. The van der Waals surface area contributed by atoms with E-state index in [2.05, 4.69) is 24.3 Å². The number of phenols is 2. The normalized spacial score (nSPS) is 11.7. The van der Waals surface area contributed by atoms with Crippen LogP contribution >= 0.6 is 0 Å². The molecular formula is C34H30O2Zr. The van der Waals surface area contributed by atoms with E-state index in [9.17, 15) is 0 Å². The molecule has 0 aliphatic heterocycles. The Morgan fingerprint density at radius 2 is 0.757 bits per heavy atom. The maximum atomic E-state index is 9.10. The van der Waals surface area contributed by atoms with E-state index in [-0.39, 0.29) is 26.2 Å². The van der Waals surface area contributed by atoms with Gasteiger partial charge in [0, 0.05) is 0 Å². The molecule has 0 heterocycles. The molecule has 37 heavy (non-hydrogen) atoms. The zero-order valence-corrected chi connectivity index (χ0v) is 23.1. The van der Waals surface area contributed by atoms with Gasteiger partial charge in [-0.05, 0) is 46.5 Å². The summed E-state index contributed by atoms with van der Waals surface area (Å²) in [5, 5.41) is 18.2. The summed E-state index contributed by atoms with van der Waals surface area (Å²) in [6.07, 6.45) is 20.0. The number of hydrogen-bond acceptors (Lipinski definition) is 2. The maximum Gasteiger partial charge on any atom is 2.00 e. The van der Waals surface area contributed by atoms with Gasteiger partial charge in [-0.25, -0.2) is 24.3 Å². The maximum absolute atomic E-state index is 9.10. The van der Waals surface area contributed by atoms with E-state index in [1.165, 1.54) is 11.1 Å². The largest absolute Gasteiger partial charge is 2.00 e. The SMILES string of the molecule is Oc1ccc(-c2ccccc2)cc1.Oc1ccc(-c2ccccc2)cc1.[C-]1=CC=CC1.[C-]1=CC=CC1.[Zr+2]. The van der Waals surface area contributed by atoms with E-state index >= 15 is 0 Å². The number of hydrogen-bond donors (Lipinski definition) is 2. The number of aromatic hydroxyl groups is 2. The summed E-state index contributed by atoms with van der Waals surface area (Å²) in [5.41, 5.74) is 4.59. The number of rotatable bonds is 2. The third-order valence-electron chi connectivity index (χ3n) is 5.12. The van der Waals surface area contributed by atoms with E-state index in [1.54, 1.807) is 24.3 Å². The molecule has 2 aliphatic rings. The van der Waals surface area contributed by atoms with E-state index in [0.717, 1.165) is 24.0 Å². The van der Waals surface area contributed by atoms with Gasteiger partial charge in [-0.2, -0.15) is 12.2 Å². The van der Waals surface area contributed by atoms with Crippen molar-refractivity contribution < 1.29 is 36.4 Å². The fourth-order valence-corrected chi connectivity index (χ4v) is 3.25. The molecule has 0 amide bonds. The standard InChI is InChI=1S/2C12H10O.2C5H5.Zr/c2*13-12-8-6-11(7-9-12)10-4-2-1-3-5-10;2*1-2-4-5-3-1;/h2*1-9,13H;2*1-3H,4H2;/q;;2*-1;+2. The van der Waals surface area contributed by atoms with Crippen LogP contribution < -0.4 is 0 Å². The van der Waals surface area contributed by atoms with Crippen LogP contribution in [0.1, 0.15) is 12.8 Å². The fourth-order valence-electron chi connectivity index (χ4n) is 3.25. The number of phenolic OH excluding ortho intramolecular Hbond substituents is 2. The molecule has 2 nitrogen and oxygen atoms in total. The van der Waals surface area contributed by atoms with Crippen molar-refractivity contribution in [3.05, 3.63) is 158 Å². The molecule has 2 aliphatic carbocycles. The number of benzene rings is 4. The summed E-state index contributed by atoms with van der Waals surface area (Å²) in [4.78, 5) is 0. The average Bonchev–Trinajstić information content (AvgIpc) is 3.71. The summed E-state index contributed by atoms with van der Waals surface area (Å²) in [5.74, 6) is 0.611. The summed E-state index contributed by atoms with van der Waals surface area (Å²) in [6.45, 7) is 0. The summed E-state index contributed by atoms with van der Waals surface area (Å²) >= 11 is 0. The van der Waals surface area contributed by atoms with Crippen LogP contribution in [0.4, 0.5) is 0 Å². The second kappa shape index (κ2) is 17.7. The fraction of sp³-hybridized carbons (Fsp3) is 0.0588. The Balaban J connectivity index is 0.000000187. The van der Waals surface area contributed by atoms with Gasteiger partial charge in [0.2, 0.25) is 0 Å². The summed E-state index contributed by atoms with van der Waals surface area (Å²) in [7, 11) is 0. The van der Waals surface area contributed by atoms with Crippen LogP contribution in [0.2, 0.25) is 0 Å². The van der Waals surface area contributed by atoms with Crippen LogP contribution in [0.25, 0.3) is 22.3 Å². The zero-order valence-electron chi connectivity index (χ0n) is 20.7. The Bertz CT molecular complexity index is 1130. The van der Waals surface area contributed by atoms with Gasteiger partial charge < -0.3 is 10.2 Å². The topological polar surface area (TPSA) is 40.5 Å². The predicted octanol–water partition coefficient (Wildman–Crippen LogP) is 8.73. The smallest absolute Gasteiger partial charge is 0.508 e. The molecule has 2 N–H and O–H groups in total. The Kier molecular flexibility index (Phi) is 14.1. The third-order valence-corrected chi connectivity index (χ3v) is 5.12. The van der Waals surface area contributed by atoms with Crippen LogP contribution in [0.3, 0.4) is 0 Å². The predicted molar refractivity (Wildman–Crippen MR) is 150 cm³/mol.